The van der Waals surface area contributed by atoms with Crippen LogP contribution in [0.5, 0.6) is 0 Å². The van der Waals surface area contributed by atoms with Crippen LogP contribution in [0.15, 0.2) is 54.6 Å². The van der Waals surface area contributed by atoms with Crippen LogP contribution in [0.1, 0.15) is 50.5 Å². The summed E-state index contributed by atoms with van der Waals surface area (Å²) in [5, 5.41) is 13.6. The van der Waals surface area contributed by atoms with Gasteiger partial charge in [-0.2, -0.15) is 0 Å². The number of aliphatic hydroxyl groups is 1. The molecule has 2 rings (SSSR count). The number of aliphatic hydroxyl groups excluding tert-OH is 1. The SMILES string of the molecule is CC(Cc1ccc(C(C)(C)C)cc1)NCC(O)c1ccccc1. The average molecular weight is 311 g/mol. The number of hydrogen-bond donors (Lipinski definition) is 2. The molecule has 0 bridgehead atoms. The van der Waals surface area contributed by atoms with Crippen molar-refractivity contribution in [2.24, 2.45) is 0 Å². The van der Waals surface area contributed by atoms with Gasteiger partial charge in [0.25, 0.3) is 0 Å². The van der Waals surface area contributed by atoms with Gasteiger partial charge in [0.05, 0.1) is 6.10 Å². The Morgan fingerprint density at radius 2 is 1.57 bits per heavy atom. The minimum absolute atomic E-state index is 0.197. The summed E-state index contributed by atoms with van der Waals surface area (Å²) < 4.78 is 0. The topological polar surface area (TPSA) is 32.3 Å². The van der Waals surface area contributed by atoms with Gasteiger partial charge in [0.1, 0.15) is 0 Å². The molecular weight excluding hydrogens is 282 g/mol. The first kappa shape index (κ1) is 17.7. The highest BCUT2D eigenvalue weighted by Gasteiger charge is 2.13. The van der Waals surface area contributed by atoms with Gasteiger partial charge in [-0.15, -0.1) is 0 Å². The second kappa shape index (κ2) is 7.76. The summed E-state index contributed by atoms with van der Waals surface area (Å²) in [6, 6.07) is 19.0. The Labute approximate surface area is 140 Å². The highest BCUT2D eigenvalue weighted by Crippen LogP contribution is 2.22. The predicted octanol–water partition coefficient (Wildman–Crippen LogP) is 4.24. The van der Waals surface area contributed by atoms with Gasteiger partial charge in [-0.3, -0.25) is 0 Å². The molecule has 2 unspecified atom stereocenters. The molecule has 0 saturated heterocycles. The molecular formula is C21H29NO. The van der Waals surface area contributed by atoms with E-state index in [1.165, 1.54) is 11.1 Å². The minimum Gasteiger partial charge on any atom is -0.387 e. The van der Waals surface area contributed by atoms with E-state index < -0.39 is 6.10 Å². The lowest BCUT2D eigenvalue weighted by Crippen LogP contribution is -2.32. The van der Waals surface area contributed by atoms with Gasteiger partial charge < -0.3 is 10.4 Å². The number of benzene rings is 2. The molecule has 0 saturated carbocycles. The van der Waals surface area contributed by atoms with E-state index in [1.807, 2.05) is 30.3 Å². The highest BCUT2D eigenvalue weighted by atomic mass is 16.3. The summed E-state index contributed by atoms with van der Waals surface area (Å²) in [4.78, 5) is 0. The Kier molecular flexibility index (Phi) is 5.97. The zero-order chi connectivity index (χ0) is 16.9. The summed E-state index contributed by atoms with van der Waals surface area (Å²) in [6.45, 7) is 9.44. The Balaban J connectivity index is 1.84. The first-order valence-electron chi connectivity index (χ1n) is 8.42. The van der Waals surface area contributed by atoms with E-state index in [2.05, 4.69) is 57.3 Å². The third kappa shape index (κ3) is 5.49. The zero-order valence-electron chi connectivity index (χ0n) is 14.7. The fourth-order valence-electron chi connectivity index (χ4n) is 2.67. The van der Waals surface area contributed by atoms with Crippen LogP contribution in [-0.4, -0.2) is 17.7 Å². The summed E-state index contributed by atoms with van der Waals surface area (Å²) >= 11 is 0. The largest absolute Gasteiger partial charge is 0.387 e. The molecule has 0 aromatic heterocycles. The van der Waals surface area contributed by atoms with Crippen molar-refractivity contribution in [3.8, 4) is 0 Å². The maximum Gasteiger partial charge on any atom is 0.0914 e. The lowest BCUT2D eigenvalue weighted by Gasteiger charge is -2.20. The van der Waals surface area contributed by atoms with Gasteiger partial charge in [-0.1, -0.05) is 75.4 Å². The summed E-state index contributed by atoms with van der Waals surface area (Å²) in [5.41, 5.74) is 3.85. The van der Waals surface area contributed by atoms with E-state index in [4.69, 9.17) is 0 Å². The summed E-state index contributed by atoms with van der Waals surface area (Å²) in [5.74, 6) is 0. The molecule has 0 spiro atoms. The molecule has 2 N–H and O–H groups in total. The maximum absolute atomic E-state index is 10.2. The molecule has 0 heterocycles. The summed E-state index contributed by atoms with van der Waals surface area (Å²) in [7, 11) is 0. The molecule has 0 amide bonds. The molecule has 2 aromatic carbocycles. The van der Waals surface area contributed by atoms with Crippen molar-refractivity contribution in [2.45, 2.75) is 51.7 Å². The van der Waals surface area contributed by atoms with Crippen LogP contribution >= 0.6 is 0 Å². The molecule has 2 aromatic rings. The van der Waals surface area contributed by atoms with Gasteiger partial charge in [0.15, 0.2) is 0 Å². The summed E-state index contributed by atoms with van der Waals surface area (Å²) in [6.07, 6.45) is 0.508. The Morgan fingerprint density at radius 1 is 0.957 bits per heavy atom. The van der Waals surface area contributed by atoms with Gasteiger partial charge >= 0.3 is 0 Å². The van der Waals surface area contributed by atoms with Gasteiger partial charge in [-0.05, 0) is 35.4 Å². The Hall–Kier alpha value is -1.64. The zero-order valence-corrected chi connectivity index (χ0v) is 14.7. The first-order valence-corrected chi connectivity index (χ1v) is 8.42. The van der Waals surface area contributed by atoms with Crippen LogP contribution < -0.4 is 5.32 Å². The van der Waals surface area contributed by atoms with Crippen molar-refractivity contribution in [1.82, 2.24) is 5.32 Å². The molecule has 0 aliphatic rings. The van der Waals surface area contributed by atoms with E-state index in [-0.39, 0.29) is 5.41 Å². The van der Waals surface area contributed by atoms with Crippen LogP contribution in [0, 0.1) is 0 Å². The van der Waals surface area contributed by atoms with Crippen LogP contribution in [0.25, 0.3) is 0 Å². The van der Waals surface area contributed by atoms with Crippen molar-refractivity contribution in [2.75, 3.05) is 6.54 Å². The molecule has 0 aliphatic heterocycles. The predicted molar refractivity (Wildman–Crippen MR) is 97.7 cm³/mol. The van der Waals surface area contributed by atoms with E-state index in [9.17, 15) is 5.11 Å². The van der Waals surface area contributed by atoms with E-state index in [0.29, 0.717) is 12.6 Å². The molecule has 2 heteroatoms. The van der Waals surface area contributed by atoms with Crippen LogP contribution in [0.4, 0.5) is 0 Å². The molecule has 2 atom stereocenters. The molecule has 0 fully saturated rings. The molecule has 124 valence electrons. The minimum atomic E-state index is -0.457. The highest BCUT2D eigenvalue weighted by molar-refractivity contribution is 5.28. The van der Waals surface area contributed by atoms with E-state index >= 15 is 0 Å². The van der Waals surface area contributed by atoms with Crippen molar-refractivity contribution in [1.29, 1.82) is 0 Å². The smallest absolute Gasteiger partial charge is 0.0914 e. The van der Waals surface area contributed by atoms with Crippen molar-refractivity contribution in [3.05, 3.63) is 71.3 Å². The lowest BCUT2D eigenvalue weighted by atomic mass is 9.86. The first-order chi connectivity index (χ1) is 10.9. The fraction of sp³-hybridized carbons (Fsp3) is 0.429. The normalized spacial score (nSPS) is 14.5. The fourth-order valence-corrected chi connectivity index (χ4v) is 2.67. The van der Waals surface area contributed by atoms with E-state index in [0.717, 1.165) is 12.0 Å². The van der Waals surface area contributed by atoms with Crippen molar-refractivity contribution in [3.63, 3.8) is 0 Å². The number of rotatable bonds is 6. The monoisotopic (exact) mass is 311 g/mol. The Bertz CT molecular complexity index is 583. The number of hydrogen-bond acceptors (Lipinski definition) is 2. The van der Waals surface area contributed by atoms with Gasteiger partial charge in [-0.25, -0.2) is 0 Å². The molecule has 0 aliphatic carbocycles. The molecule has 0 radical (unpaired) electrons. The molecule has 23 heavy (non-hydrogen) atoms. The third-order valence-corrected chi connectivity index (χ3v) is 4.21. The van der Waals surface area contributed by atoms with Gasteiger partial charge in [0, 0.05) is 12.6 Å². The van der Waals surface area contributed by atoms with Crippen molar-refractivity contribution >= 4 is 0 Å². The number of nitrogens with one attached hydrogen (secondary N) is 1. The van der Waals surface area contributed by atoms with Crippen LogP contribution in [-0.2, 0) is 11.8 Å². The average Bonchev–Trinajstić information content (AvgIpc) is 2.53. The maximum atomic E-state index is 10.2. The van der Waals surface area contributed by atoms with Crippen LogP contribution in [0.2, 0.25) is 0 Å². The van der Waals surface area contributed by atoms with Crippen LogP contribution in [0.3, 0.4) is 0 Å². The van der Waals surface area contributed by atoms with E-state index in [1.54, 1.807) is 0 Å². The Morgan fingerprint density at radius 3 is 2.13 bits per heavy atom. The second-order valence-electron chi connectivity index (χ2n) is 7.39. The lowest BCUT2D eigenvalue weighted by molar-refractivity contribution is 0.170. The van der Waals surface area contributed by atoms with Crippen molar-refractivity contribution < 1.29 is 5.11 Å². The van der Waals surface area contributed by atoms with Gasteiger partial charge in [0.2, 0.25) is 0 Å². The molecule has 2 nitrogen and oxygen atoms in total. The third-order valence-electron chi connectivity index (χ3n) is 4.21. The standard InChI is InChI=1S/C21H29NO/c1-16(22-15-20(23)18-8-6-5-7-9-18)14-17-10-12-19(13-11-17)21(2,3)4/h5-13,16,20,22-23H,14-15H2,1-4H3. The second-order valence-corrected chi connectivity index (χ2v) is 7.39. The quantitative estimate of drug-likeness (QED) is 0.836.